The summed E-state index contributed by atoms with van der Waals surface area (Å²) >= 11 is 0. The number of hydrogen-bond donors (Lipinski definition) is 2. The number of anilines is 1. The van der Waals surface area contributed by atoms with Crippen LogP contribution in [0.5, 0.6) is 6.01 Å². The van der Waals surface area contributed by atoms with Crippen LogP contribution in [0.2, 0.25) is 0 Å². The number of H-pyrrole nitrogens is 1. The lowest BCUT2D eigenvalue weighted by atomic mass is 10.0. The van der Waals surface area contributed by atoms with Gasteiger partial charge in [0.05, 0.1) is 18.4 Å². The van der Waals surface area contributed by atoms with E-state index in [9.17, 15) is 17.6 Å². The van der Waals surface area contributed by atoms with Crippen LogP contribution in [0.25, 0.3) is 22.2 Å². The number of methoxy groups -OCH3 is 1. The van der Waals surface area contributed by atoms with Crippen molar-refractivity contribution in [1.82, 2.24) is 24.9 Å². The minimum absolute atomic E-state index is 0.0682. The van der Waals surface area contributed by atoms with Crippen LogP contribution in [0.1, 0.15) is 15.9 Å². The van der Waals surface area contributed by atoms with Gasteiger partial charge >= 0.3 is 6.01 Å². The van der Waals surface area contributed by atoms with Crippen molar-refractivity contribution >= 4 is 32.5 Å². The number of halogens is 2. The number of carbonyl (C=O) groups is 1. The molecule has 4 heterocycles. The molecule has 0 amide bonds. The maximum Gasteiger partial charge on any atom is 0.316 e. The third kappa shape index (κ3) is 4.47. The van der Waals surface area contributed by atoms with E-state index in [1.807, 2.05) is 4.72 Å². The first-order valence-corrected chi connectivity index (χ1v) is 12.1. The number of pyridine rings is 2. The first kappa shape index (κ1) is 23.9. The SMILES string of the molecule is COc1ncc(-c2cnc3[nH]cc(C(=O)c4c(F)ccc(NS(=O)(=O)c5ccccn5)c4F)c3c2)cn1. The van der Waals surface area contributed by atoms with Gasteiger partial charge < -0.3 is 9.72 Å². The van der Waals surface area contributed by atoms with Gasteiger partial charge in [0, 0.05) is 53.1 Å². The van der Waals surface area contributed by atoms with Crippen molar-refractivity contribution in [3.8, 4) is 17.1 Å². The van der Waals surface area contributed by atoms with E-state index in [1.165, 1.54) is 56.3 Å². The molecule has 0 spiro atoms. The largest absolute Gasteiger partial charge is 0.467 e. The van der Waals surface area contributed by atoms with E-state index in [0.717, 1.165) is 12.1 Å². The Hall–Kier alpha value is -4.78. The lowest BCUT2D eigenvalue weighted by Gasteiger charge is -2.11. The van der Waals surface area contributed by atoms with Crippen LogP contribution in [0.4, 0.5) is 14.5 Å². The highest BCUT2D eigenvalue weighted by atomic mass is 32.2. The zero-order chi connectivity index (χ0) is 26.2. The Bertz CT molecular complexity index is 1740. The van der Waals surface area contributed by atoms with E-state index in [4.69, 9.17) is 4.74 Å². The summed E-state index contributed by atoms with van der Waals surface area (Å²) in [7, 11) is -2.87. The topological polar surface area (TPSA) is 140 Å². The van der Waals surface area contributed by atoms with Gasteiger partial charge in [-0.1, -0.05) is 6.07 Å². The van der Waals surface area contributed by atoms with Gasteiger partial charge in [0.25, 0.3) is 10.0 Å². The van der Waals surface area contributed by atoms with Crippen LogP contribution >= 0.6 is 0 Å². The maximum absolute atomic E-state index is 15.4. The van der Waals surface area contributed by atoms with Crippen LogP contribution in [-0.2, 0) is 10.0 Å². The van der Waals surface area contributed by atoms with Crippen molar-refractivity contribution < 1.29 is 26.7 Å². The van der Waals surface area contributed by atoms with Gasteiger partial charge in [0.15, 0.2) is 10.8 Å². The van der Waals surface area contributed by atoms with Crippen LogP contribution in [0, 0.1) is 11.6 Å². The normalized spacial score (nSPS) is 11.4. The highest BCUT2D eigenvalue weighted by molar-refractivity contribution is 7.92. The average molecular weight is 522 g/mol. The second-order valence-electron chi connectivity index (χ2n) is 7.67. The highest BCUT2D eigenvalue weighted by Gasteiger charge is 2.27. The van der Waals surface area contributed by atoms with E-state index in [0.29, 0.717) is 16.8 Å². The van der Waals surface area contributed by atoms with Crippen LogP contribution in [0.15, 0.2) is 72.4 Å². The van der Waals surface area contributed by atoms with E-state index in [-0.39, 0.29) is 22.0 Å². The summed E-state index contributed by atoms with van der Waals surface area (Å²) in [6, 6.07) is 7.62. The second-order valence-corrected chi connectivity index (χ2v) is 9.30. The number of aromatic amines is 1. The maximum atomic E-state index is 15.4. The smallest absolute Gasteiger partial charge is 0.316 e. The molecule has 13 heteroatoms. The molecule has 37 heavy (non-hydrogen) atoms. The molecule has 0 fully saturated rings. The number of rotatable bonds is 7. The number of ketones is 1. The molecule has 0 saturated heterocycles. The van der Waals surface area contributed by atoms with Crippen molar-refractivity contribution in [2.45, 2.75) is 5.03 Å². The summed E-state index contributed by atoms with van der Waals surface area (Å²) in [5.74, 6) is -3.54. The standard InChI is InChI=1S/C24H16F2N6O4S/c1-36-24-30-10-14(11-31-24)13-8-15-16(12-29-23(15)28-9-13)22(33)20-17(25)5-6-18(21(20)26)32-37(34,35)19-4-2-3-7-27-19/h2-12,32H,1H3,(H,28,29). The molecule has 4 aromatic heterocycles. The summed E-state index contributed by atoms with van der Waals surface area (Å²) in [5.41, 5.74) is -0.194. The highest BCUT2D eigenvalue weighted by Crippen LogP contribution is 2.30. The zero-order valence-corrected chi connectivity index (χ0v) is 19.8. The fourth-order valence-electron chi connectivity index (χ4n) is 3.60. The zero-order valence-electron chi connectivity index (χ0n) is 18.9. The van der Waals surface area contributed by atoms with E-state index >= 15 is 4.39 Å². The van der Waals surface area contributed by atoms with Gasteiger partial charge in [0.2, 0.25) is 5.78 Å². The molecule has 0 aliphatic rings. The monoisotopic (exact) mass is 522 g/mol. The average Bonchev–Trinajstić information content (AvgIpc) is 3.34. The number of nitrogens with one attached hydrogen (secondary N) is 2. The summed E-state index contributed by atoms with van der Waals surface area (Å²) in [5, 5.41) is -0.0825. The molecule has 5 aromatic rings. The summed E-state index contributed by atoms with van der Waals surface area (Å²) in [4.78, 5) is 32.2. The molecule has 0 aliphatic heterocycles. The van der Waals surface area contributed by atoms with Crippen LogP contribution < -0.4 is 9.46 Å². The number of carbonyl (C=O) groups excluding carboxylic acids is 1. The number of aromatic nitrogens is 5. The molecule has 0 bridgehead atoms. The van der Waals surface area contributed by atoms with Crippen molar-refractivity contribution in [2.75, 3.05) is 11.8 Å². The summed E-state index contributed by atoms with van der Waals surface area (Å²) < 4.78 is 62.3. The lowest BCUT2D eigenvalue weighted by Crippen LogP contribution is -2.17. The molecule has 1 aromatic carbocycles. The van der Waals surface area contributed by atoms with Crippen LogP contribution in [0.3, 0.4) is 0 Å². The quantitative estimate of drug-likeness (QED) is 0.308. The minimum atomic E-state index is -4.29. The Balaban J connectivity index is 1.54. The molecule has 0 unspecified atom stereocenters. The third-order valence-corrected chi connectivity index (χ3v) is 6.68. The van der Waals surface area contributed by atoms with Crippen molar-refractivity contribution in [2.24, 2.45) is 0 Å². The molecule has 10 nitrogen and oxygen atoms in total. The second kappa shape index (κ2) is 9.35. The summed E-state index contributed by atoms with van der Waals surface area (Å²) in [6.07, 6.45) is 7.05. The number of ether oxygens (including phenoxy) is 1. The van der Waals surface area contributed by atoms with Gasteiger partial charge in [-0.25, -0.2) is 28.7 Å². The van der Waals surface area contributed by atoms with E-state index < -0.39 is 38.7 Å². The molecule has 0 atom stereocenters. The molecular formula is C24H16F2N6O4S. The number of hydrogen-bond acceptors (Lipinski definition) is 8. The minimum Gasteiger partial charge on any atom is -0.467 e. The van der Waals surface area contributed by atoms with Gasteiger partial charge in [0.1, 0.15) is 11.5 Å². The molecular weight excluding hydrogens is 506 g/mol. The Labute approximate surface area is 208 Å². The van der Waals surface area contributed by atoms with E-state index in [2.05, 4.69) is 24.9 Å². The number of fused-ring (bicyclic) bond motifs is 1. The number of benzene rings is 1. The molecule has 0 aliphatic carbocycles. The molecule has 186 valence electrons. The van der Waals surface area contributed by atoms with Gasteiger partial charge in [-0.2, -0.15) is 8.42 Å². The number of sulfonamides is 1. The third-order valence-electron chi connectivity index (χ3n) is 5.40. The Morgan fingerprint density at radius 2 is 1.76 bits per heavy atom. The summed E-state index contributed by atoms with van der Waals surface area (Å²) in [6.45, 7) is 0. The molecule has 0 radical (unpaired) electrons. The van der Waals surface area contributed by atoms with Crippen molar-refractivity contribution in [1.29, 1.82) is 0 Å². The lowest BCUT2D eigenvalue weighted by molar-refractivity contribution is 0.103. The van der Waals surface area contributed by atoms with E-state index in [1.54, 1.807) is 6.07 Å². The first-order valence-electron chi connectivity index (χ1n) is 10.6. The van der Waals surface area contributed by atoms with Crippen LogP contribution in [-0.4, -0.2) is 46.2 Å². The first-order chi connectivity index (χ1) is 17.8. The van der Waals surface area contributed by atoms with Crippen molar-refractivity contribution in [3.63, 3.8) is 0 Å². The Kier molecular flexibility index (Phi) is 6.05. The Morgan fingerprint density at radius 1 is 1.00 bits per heavy atom. The predicted molar refractivity (Wildman–Crippen MR) is 129 cm³/mol. The molecule has 5 rings (SSSR count). The molecule has 2 N–H and O–H groups in total. The van der Waals surface area contributed by atoms with Gasteiger partial charge in [-0.15, -0.1) is 0 Å². The van der Waals surface area contributed by atoms with Crippen molar-refractivity contribution in [3.05, 3.63) is 90.1 Å². The van der Waals surface area contributed by atoms with Gasteiger partial charge in [-0.05, 0) is 30.3 Å². The molecule has 0 saturated carbocycles. The fourth-order valence-corrected chi connectivity index (χ4v) is 4.61. The fraction of sp³-hybridized carbons (Fsp3) is 0.0417. The Morgan fingerprint density at radius 3 is 2.46 bits per heavy atom. The van der Waals surface area contributed by atoms with Gasteiger partial charge in [-0.3, -0.25) is 9.52 Å². The predicted octanol–water partition coefficient (Wildman–Crippen LogP) is 3.73. The number of nitrogens with zero attached hydrogens (tertiary/aromatic N) is 4.